The van der Waals surface area contributed by atoms with Crippen LogP contribution in [0.1, 0.15) is 36.8 Å². The molecule has 0 radical (unpaired) electrons. The summed E-state index contributed by atoms with van der Waals surface area (Å²) in [6, 6.07) is 1.03. The number of aromatic nitrogens is 1. The molecule has 1 aromatic heterocycles. The highest BCUT2D eigenvalue weighted by Crippen LogP contribution is 2.12. The second-order valence-electron chi connectivity index (χ2n) is 4.72. The van der Waals surface area contributed by atoms with Crippen molar-refractivity contribution in [2.45, 2.75) is 32.8 Å². The summed E-state index contributed by atoms with van der Waals surface area (Å²) in [7, 11) is 0. The molecule has 0 saturated heterocycles. The van der Waals surface area contributed by atoms with Crippen molar-refractivity contribution >= 4 is 11.9 Å². The van der Waals surface area contributed by atoms with E-state index in [4.69, 9.17) is 9.84 Å². The van der Waals surface area contributed by atoms with Gasteiger partial charge in [0.1, 0.15) is 5.60 Å². The number of aromatic carboxylic acids is 1. The topological polar surface area (TPSA) is 76.5 Å². The molecule has 1 aromatic rings. The molecule has 18 heavy (non-hydrogen) atoms. The van der Waals surface area contributed by atoms with E-state index in [0.717, 1.165) is 12.3 Å². The summed E-state index contributed by atoms with van der Waals surface area (Å²) >= 11 is 0. The van der Waals surface area contributed by atoms with Crippen molar-refractivity contribution in [1.82, 2.24) is 4.98 Å². The van der Waals surface area contributed by atoms with Crippen LogP contribution in [0.15, 0.2) is 12.3 Å². The van der Waals surface area contributed by atoms with Crippen LogP contribution in [-0.2, 0) is 16.0 Å². The zero-order valence-corrected chi connectivity index (χ0v) is 10.4. The Morgan fingerprint density at radius 2 is 2.06 bits per heavy atom. The molecule has 1 heterocycles. The minimum absolute atomic E-state index is 0.156. The van der Waals surface area contributed by atoms with Crippen LogP contribution in [0.5, 0.6) is 0 Å². The molecule has 98 valence electrons. The molecular weight excluding hydrogens is 241 g/mol. The third kappa shape index (κ3) is 4.12. The standard InChI is InChI=1S/C12H14FNO4/c1-12(2,3)18-10(15)5-7-4-8(11(16)17)9(13)6-14-7/h4,6H,5H2,1-3H3,(H,16,17). The van der Waals surface area contributed by atoms with Gasteiger partial charge >= 0.3 is 11.9 Å². The van der Waals surface area contributed by atoms with Gasteiger partial charge in [0, 0.05) is 0 Å². The van der Waals surface area contributed by atoms with E-state index in [0.29, 0.717) is 0 Å². The first-order chi connectivity index (χ1) is 8.19. The molecule has 0 spiro atoms. The molecule has 1 rings (SSSR count). The average molecular weight is 255 g/mol. The van der Waals surface area contributed by atoms with Gasteiger partial charge in [-0.25, -0.2) is 9.18 Å². The number of carboxylic acid groups (broad SMARTS) is 1. The fourth-order valence-corrected chi connectivity index (χ4v) is 1.27. The normalized spacial score (nSPS) is 11.1. The number of hydrogen-bond donors (Lipinski definition) is 1. The van der Waals surface area contributed by atoms with Gasteiger partial charge in [0.25, 0.3) is 0 Å². The SMILES string of the molecule is CC(C)(C)OC(=O)Cc1cc(C(=O)O)c(F)cn1. The second kappa shape index (κ2) is 5.12. The number of ether oxygens (including phenoxy) is 1. The van der Waals surface area contributed by atoms with Gasteiger partial charge in [0.05, 0.1) is 23.9 Å². The van der Waals surface area contributed by atoms with Crippen LogP contribution in [0.4, 0.5) is 4.39 Å². The summed E-state index contributed by atoms with van der Waals surface area (Å²) in [6.07, 6.45) is 0.584. The predicted octanol–water partition coefficient (Wildman–Crippen LogP) is 1.80. The van der Waals surface area contributed by atoms with E-state index >= 15 is 0 Å². The van der Waals surface area contributed by atoms with Crippen molar-refractivity contribution in [2.75, 3.05) is 0 Å². The first kappa shape index (κ1) is 14.1. The van der Waals surface area contributed by atoms with Crippen LogP contribution >= 0.6 is 0 Å². The van der Waals surface area contributed by atoms with E-state index in [1.54, 1.807) is 20.8 Å². The molecular formula is C12H14FNO4. The van der Waals surface area contributed by atoms with Crippen molar-refractivity contribution in [2.24, 2.45) is 0 Å². The highest BCUT2D eigenvalue weighted by atomic mass is 19.1. The van der Waals surface area contributed by atoms with Crippen molar-refractivity contribution in [3.63, 3.8) is 0 Å². The van der Waals surface area contributed by atoms with Gasteiger partial charge in [-0.1, -0.05) is 0 Å². The lowest BCUT2D eigenvalue weighted by atomic mass is 10.1. The zero-order chi connectivity index (χ0) is 13.9. The molecule has 1 N–H and O–H groups in total. The number of carbonyl (C=O) groups excluding carboxylic acids is 1. The number of hydrogen-bond acceptors (Lipinski definition) is 4. The second-order valence-corrected chi connectivity index (χ2v) is 4.72. The van der Waals surface area contributed by atoms with Crippen LogP contribution < -0.4 is 0 Å². The van der Waals surface area contributed by atoms with Gasteiger partial charge < -0.3 is 9.84 Å². The Hall–Kier alpha value is -1.98. The Kier molecular flexibility index (Phi) is 4.00. The number of rotatable bonds is 3. The van der Waals surface area contributed by atoms with Gasteiger partial charge in [-0.3, -0.25) is 9.78 Å². The monoisotopic (exact) mass is 255 g/mol. The Morgan fingerprint density at radius 1 is 1.44 bits per heavy atom. The lowest BCUT2D eigenvalue weighted by Crippen LogP contribution is -2.25. The Morgan fingerprint density at radius 3 is 2.56 bits per heavy atom. The van der Waals surface area contributed by atoms with Gasteiger partial charge in [-0.05, 0) is 26.8 Å². The van der Waals surface area contributed by atoms with Gasteiger partial charge in [-0.2, -0.15) is 0 Å². The third-order valence-electron chi connectivity index (χ3n) is 1.89. The minimum Gasteiger partial charge on any atom is -0.478 e. The van der Waals surface area contributed by atoms with E-state index in [1.165, 1.54) is 0 Å². The lowest BCUT2D eigenvalue weighted by molar-refractivity contribution is -0.154. The number of esters is 1. The van der Waals surface area contributed by atoms with Crippen LogP contribution in [0.25, 0.3) is 0 Å². The number of carbonyl (C=O) groups is 2. The number of pyridine rings is 1. The summed E-state index contributed by atoms with van der Waals surface area (Å²) < 4.78 is 18.1. The summed E-state index contributed by atoms with van der Waals surface area (Å²) in [6.45, 7) is 5.14. The molecule has 0 aliphatic heterocycles. The van der Waals surface area contributed by atoms with Crippen LogP contribution in [0.2, 0.25) is 0 Å². The molecule has 0 fully saturated rings. The molecule has 0 aliphatic carbocycles. The fraction of sp³-hybridized carbons (Fsp3) is 0.417. The van der Waals surface area contributed by atoms with Crippen LogP contribution in [-0.4, -0.2) is 27.6 Å². The first-order valence-corrected chi connectivity index (χ1v) is 5.28. The molecule has 0 aliphatic rings. The maximum absolute atomic E-state index is 13.1. The largest absolute Gasteiger partial charge is 0.478 e. The van der Waals surface area contributed by atoms with E-state index < -0.39 is 28.9 Å². The maximum Gasteiger partial charge on any atom is 0.338 e. The molecule has 0 unspecified atom stereocenters. The zero-order valence-electron chi connectivity index (χ0n) is 10.4. The number of halogens is 1. The molecule has 6 heteroatoms. The number of nitrogens with zero attached hydrogens (tertiary/aromatic N) is 1. The molecule has 0 aromatic carbocycles. The molecule has 0 bridgehead atoms. The molecule has 5 nitrogen and oxygen atoms in total. The fourth-order valence-electron chi connectivity index (χ4n) is 1.27. The van der Waals surface area contributed by atoms with Crippen molar-refractivity contribution in [1.29, 1.82) is 0 Å². The van der Waals surface area contributed by atoms with Crippen molar-refractivity contribution in [3.05, 3.63) is 29.3 Å². The van der Waals surface area contributed by atoms with Crippen molar-refractivity contribution < 1.29 is 23.8 Å². The third-order valence-corrected chi connectivity index (χ3v) is 1.89. The Balaban J connectivity index is 2.83. The average Bonchev–Trinajstić information content (AvgIpc) is 2.17. The van der Waals surface area contributed by atoms with E-state index in [-0.39, 0.29) is 12.1 Å². The highest BCUT2D eigenvalue weighted by molar-refractivity contribution is 5.88. The maximum atomic E-state index is 13.1. The van der Waals surface area contributed by atoms with E-state index in [9.17, 15) is 14.0 Å². The van der Waals surface area contributed by atoms with Crippen molar-refractivity contribution in [3.8, 4) is 0 Å². The Bertz CT molecular complexity index is 479. The minimum atomic E-state index is -1.40. The van der Waals surface area contributed by atoms with E-state index in [1.807, 2.05) is 0 Å². The Labute approximate surface area is 104 Å². The van der Waals surface area contributed by atoms with Gasteiger partial charge in [-0.15, -0.1) is 0 Å². The predicted molar refractivity (Wildman–Crippen MR) is 60.7 cm³/mol. The molecule has 0 saturated carbocycles. The molecule has 0 amide bonds. The van der Waals surface area contributed by atoms with Gasteiger partial charge in [0.2, 0.25) is 0 Å². The highest BCUT2D eigenvalue weighted by Gasteiger charge is 2.18. The first-order valence-electron chi connectivity index (χ1n) is 5.28. The summed E-state index contributed by atoms with van der Waals surface area (Å²) in [5.41, 5.74) is -0.987. The van der Waals surface area contributed by atoms with Gasteiger partial charge in [0.15, 0.2) is 5.82 Å². The quantitative estimate of drug-likeness (QED) is 0.833. The number of carboxylic acids is 1. The molecule has 0 atom stereocenters. The smallest absolute Gasteiger partial charge is 0.338 e. The lowest BCUT2D eigenvalue weighted by Gasteiger charge is -2.19. The van der Waals surface area contributed by atoms with E-state index in [2.05, 4.69) is 4.98 Å². The van der Waals surface area contributed by atoms with Crippen LogP contribution in [0, 0.1) is 5.82 Å². The van der Waals surface area contributed by atoms with Crippen LogP contribution in [0.3, 0.4) is 0 Å². The summed E-state index contributed by atoms with van der Waals surface area (Å²) in [5, 5.41) is 8.73. The summed E-state index contributed by atoms with van der Waals surface area (Å²) in [5.74, 6) is -2.88. The summed E-state index contributed by atoms with van der Waals surface area (Å²) in [4.78, 5) is 25.8.